The van der Waals surface area contributed by atoms with E-state index < -0.39 is 29.0 Å². The van der Waals surface area contributed by atoms with E-state index >= 15 is 0 Å². The number of methoxy groups -OCH3 is 1. The smallest absolute Gasteiger partial charge is 0.379 e. The van der Waals surface area contributed by atoms with E-state index in [4.69, 9.17) is 0 Å². The number of halogens is 2. The van der Waals surface area contributed by atoms with Crippen LogP contribution >= 0.6 is 0 Å². The van der Waals surface area contributed by atoms with Crippen LogP contribution in [0, 0.1) is 11.6 Å². The molecule has 0 aromatic heterocycles. The van der Waals surface area contributed by atoms with Gasteiger partial charge in [0.15, 0.2) is 0 Å². The van der Waals surface area contributed by atoms with Gasteiger partial charge >= 0.3 is 5.97 Å². The molecule has 0 aliphatic heterocycles. The normalized spacial score (nSPS) is 10.5. The molecule has 1 aromatic carbocycles. The summed E-state index contributed by atoms with van der Waals surface area (Å²) in [6, 6.07) is 1.94. The molecule has 0 aliphatic carbocycles. The van der Waals surface area contributed by atoms with Crippen LogP contribution in [-0.4, -0.2) is 25.5 Å². The van der Waals surface area contributed by atoms with Gasteiger partial charge in [-0.2, -0.15) is 0 Å². The molecule has 1 aromatic rings. The first-order valence-corrected chi connectivity index (χ1v) is 5.41. The fourth-order valence-electron chi connectivity index (χ4n) is 1.27. The van der Waals surface area contributed by atoms with Gasteiger partial charge in [-0.15, -0.1) is 0 Å². The maximum absolute atomic E-state index is 13.5. The van der Waals surface area contributed by atoms with Gasteiger partial charge in [0.05, 0.1) is 13.7 Å². The lowest BCUT2D eigenvalue weighted by Crippen LogP contribution is -2.14. The highest BCUT2D eigenvalue weighted by atomic mass is 19.1. The molecular formula is C13H12F2O4. The Labute approximate surface area is 108 Å². The van der Waals surface area contributed by atoms with Crippen molar-refractivity contribution in [3.8, 4) is 5.75 Å². The average Bonchev–Trinajstić information content (AvgIpc) is 2.37. The molecule has 0 N–H and O–H groups in total. The van der Waals surface area contributed by atoms with Gasteiger partial charge in [0.2, 0.25) is 0 Å². The standard InChI is InChI=1S/C13H12F2O4/c1-3-19-13(17)12(16)5-4-9-10(14)6-8(18-2)7-11(9)15/h4-7H,3H2,1-2H3/b5-4+. The Hall–Kier alpha value is -2.24. The molecular weight excluding hydrogens is 258 g/mol. The third-order valence-electron chi connectivity index (χ3n) is 2.17. The molecule has 4 nitrogen and oxygen atoms in total. The topological polar surface area (TPSA) is 52.6 Å². The summed E-state index contributed by atoms with van der Waals surface area (Å²) in [5.41, 5.74) is -0.432. The molecule has 0 spiro atoms. The van der Waals surface area contributed by atoms with Crippen molar-refractivity contribution in [1.29, 1.82) is 0 Å². The third kappa shape index (κ3) is 3.87. The molecule has 0 amide bonds. The number of ether oxygens (including phenoxy) is 2. The number of benzene rings is 1. The SMILES string of the molecule is CCOC(=O)C(=O)/C=C/c1c(F)cc(OC)cc1F. The first-order valence-electron chi connectivity index (χ1n) is 5.41. The van der Waals surface area contributed by atoms with Gasteiger partial charge in [-0.3, -0.25) is 4.79 Å². The van der Waals surface area contributed by atoms with Gasteiger partial charge in [0.1, 0.15) is 17.4 Å². The van der Waals surface area contributed by atoms with Crippen molar-refractivity contribution < 1.29 is 27.8 Å². The van der Waals surface area contributed by atoms with E-state index in [1.165, 1.54) is 14.0 Å². The van der Waals surface area contributed by atoms with Crippen LogP contribution in [0.25, 0.3) is 6.08 Å². The molecule has 102 valence electrons. The second-order valence-electron chi connectivity index (χ2n) is 3.42. The number of carbonyl (C=O) groups excluding carboxylic acids is 2. The van der Waals surface area contributed by atoms with E-state index in [0.717, 1.165) is 24.3 Å². The Kier molecular flexibility index (Phi) is 5.17. The van der Waals surface area contributed by atoms with Gasteiger partial charge in [-0.25, -0.2) is 13.6 Å². The molecule has 0 saturated heterocycles. The van der Waals surface area contributed by atoms with Crippen LogP contribution in [0.3, 0.4) is 0 Å². The second-order valence-corrected chi connectivity index (χ2v) is 3.42. The average molecular weight is 270 g/mol. The van der Waals surface area contributed by atoms with E-state index in [0.29, 0.717) is 0 Å². The summed E-state index contributed by atoms with van der Waals surface area (Å²) in [7, 11) is 1.27. The van der Waals surface area contributed by atoms with E-state index in [-0.39, 0.29) is 12.4 Å². The molecule has 0 unspecified atom stereocenters. The highest BCUT2D eigenvalue weighted by Crippen LogP contribution is 2.21. The Bertz CT molecular complexity index is 500. The second kappa shape index (κ2) is 6.63. The molecule has 0 atom stereocenters. The highest BCUT2D eigenvalue weighted by Gasteiger charge is 2.13. The van der Waals surface area contributed by atoms with E-state index in [1.54, 1.807) is 0 Å². The largest absolute Gasteiger partial charge is 0.497 e. The van der Waals surface area contributed by atoms with Crippen molar-refractivity contribution in [1.82, 2.24) is 0 Å². The minimum atomic E-state index is -1.08. The summed E-state index contributed by atoms with van der Waals surface area (Å²) in [5, 5.41) is 0. The Morgan fingerprint density at radius 3 is 2.32 bits per heavy atom. The summed E-state index contributed by atoms with van der Waals surface area (Å²) >= 11 is 0. The number of rotatable bonds is 5. The first kappa shape index (κ1) is 14.8. The van der Waals surface area contributed by atoms with Gasteiger partial charge in [-0.1, -0.05) is 0 Å². The van der Waals surface area contributed by atoms with Crippen LogP contribution < -0.4 is 4.74 Å². The van der Waals surface area contributed by atoms with Gasteiger partial charge in [-0.05, 0) is 19.1 Å². The maximum atomic E-state index is 13.5. The molecule has 0 aliphatic rings. The van der Waals surface area contributed by atoms with Crippen molar-refractivity contribution in [2.24, 2.45) is 0 Å². The Morgan fingerprint density at radius 1 is 1.26 bits per heavy atom. The van der Waals surface area contributed by atoms with Crippen molar-refractivity contribution in [3.63, 3.8) is 0 Å². The maximum Gasteiger partial charge on any atom is 0.379 e. The van der Waals surface area contributed by atoms with Crippen molar-refractivity contribution in [2.75, 3.05) is 13.7 Å². The van der Waals surface area contributed by atoms with Crippen LogP contribution in [0.15, 0.2) is 18.2 Å². The molecule has 6 heteroatoms. The number of hydrogen-bond acceptors (Lipinski definition) is 4. The highest BCUT2D eigenvalue weighted by molar-refractivity contribution is 6.39. The quantitative estimate of drug-likeness (QED) is 0.467. The molecule has 0 saturated carbocycles. The van der Waals surface area contributed by atoms with Crippen molar-refractivity contribution >= 4 is 17.8 Å². The summed E-state index contributed by atoms with van der Waals surface area (Å²) in [5.74, 6) is -3.84. The van der Waals surface area contributed by atoms with Crippen LogP contribution in [0.1, 0.15) is 12.5 Å². The third-order valence-corrected chi connectivity index (χ3v) is 2.17. The van der Waals surface area contributed by atoms with E-state index in [1.807, 2.05) is 0 Å². The van der Waals surface area contributed by atoms with Gasteiger partial charge in [0.25, 0.3) is 5.78 Å². The first-order chi connectivity index (χ1) is 8.99. The number of carbonyl (C=O) groups is 2. The minimum absolute atomic E-state index is 0.0175. The summed E-state index contributed by atoms with van der Waals surface area (Å²) in [6.07, 6.45) is 1.63. The van der Waals surface area contributed by atoms with Crippen LogP contribution in [-0.2, 0) is 14.3 Å². The van der Waals surface area contributed by atoms with Crippen molar-refractivity contribution in [3.05, 3.63) is 35.4 Å². The lowest BCUT2D eigenvalue weighted by atomic mass is 10.1. The Balaban J connectivity index is 2.94. The monoisotopic (exact) mass is 270 g/mol. The van der Waals surface area contributed by atoms with Gasteiger partial charge in [0, 0.05) is 17.7 Å². The summed E-state index contributed by atoms with van der Waals surface area (Å²) < 4.78 is 36.1. The predicted octanol–water partition coefficient (Wildman–Crippen LogP) is 2.12. The zero-order valence-corrected chi connectivity index (χ0v) is 10.4. The zero-order chi connectivity index (χ0) is 14.4. The van der Waals surface area contributed by atoms with E-state index in [2.05, 4.69) is 9.47 Å². The summed E-state index contributed by atoms with van der Waals surface area (Å²) in [6.45, 7) is 1.58. The van der Waals surface area contributed by atoms with Crippen LogP contribution in [0.2, 0.25) is 0 Å². The number of ketones is 1. The number of esters is 1. The van der Waals surface area contributed by atoms with Crippen LogP contribution in [0.4, 0.5) is 8.78 Å². The lowest BCUT2D eigenvalue weighted by Gasteiger charge is -2.03. The Morgan fingerprint density at radius 2 is 1.84 bits per heavy atom. The molecule has 1 rings (SSSR count). The molecule has 0 heterocycles. The van der Waals surface area contributed by atoms with Crippen LogP contribution in [0.5, 0.6) is 5.75 Å². The van der Waals surface area contributed by atoms with Gasteiger partial charge < -0.3 is 9.47 Å². The molecule has 0 fully saturated rings. The number of hydrogen-bond donors (Lipinski definition) is 0. The molecule has 0 radical (unpaired) electrons. The minimum Gasteiger partial charge on any atom is -0.497 e. The lowest BCUT2D eigenvalue weighted by molar-refractivity contribution is -0.151. The molecule has 19 heavy (non-hydrogen) atoms. The fourth-order valence-corrected chi connectivity index (χ4v) is 1.27. The fraction of sp³-hybridized carbons (Fsp3) is 0.231. The van der Waals surface area contributed by atoms with Crippen molar-refractivity contribution in [2.45, 2.75) is 6.92 Å². The molecule has 0 bridgehead atoms. The summed E-state index contributed by atoms with van der Waals surface area (Å²) in [4.78, 5) is 22.2. The zero-order valence-electron chi connectivity index (χ0n) is 10.4. The van der Waals surface area contributed by atoms with E-state index in [9.17, 15) is 18.4 Å². The predicted molar refractivity (Wildman–Crippen MR) is 63.6 cm³/mol.